The van der Waals surface area contributed by atoms with Gasteiger partial charge in [-0.3, -0.25) is 19.2 Å². The van der Waals surface area contributed by atoms with Crippen LogP contribution < -0.4 is 5.32 Å². The van der Waals surface area contributed by atoms with Crippen LogP contribution in [0.5, 0.6) is 0 Å². The first kappa shape index (κ1) is 22.3. The molecule has 1 aromatic heterocycles. The summed E-state index contributed by atoms with van der Waals surface area (Å²) in [6.07, 6.45) is 3.15. The Morgan fingerprint density at radius 3 is 2.57 bits per heavy atom. The van der Waals surface area contributed by atoms with Crippen LogP contribution in [-0.4, -0.2) is 47.9 Å². The number of thiophene rings is 1. The average molecular weight is 407 g/mol. The Hall–Kier alpha value is -2.02. The van der Waals surface area contributed by atoms with Crippen molar-refractivity contribution in [3.8, 4) is 0 Å². The first-order valence-electron chi connectivity index (χ1n) is 10.1. The van der Waals surface area contributed by atoms with Gasteiger partial charge in [-0.05, 0) is 38.3 Å². The summed E-state index contributed by atoms with van der Waals surface area (Å²) >= 11 is 1.44. The largest absolute Gasteiger partial charge is 0.356 e. The van der Waals surface area contributed by atoms with Gasteiger partial charge in [0.2, 0.25) is 11.8 Å². The first-order valence-corrected chi connectivity index (χ1v) is 10.9. The van der Waals surface area contributed by atoms with Crippen molar-refractivity contribution in [3.63, 3.8) is 0 Å². The molecule has 0 bridgehead atoms. The summed E-state index contributed by atoms with van der Waals surface area (Å²) in [4.78, 5) is 52.2. The molecular formula is C21H30N2O4S. The zero-order valence-corrected chi connectivity index (χ0v) is 17.6. The van der Waals surface area contributed by atoms with Gasteiger partial charge in [0, 0.05) is 50.2 Å². The summed E-state index contributed by atoms with van der Waals surface area (Å²) in [7, 11) is 0. The van der Waals surface area contributed by atoms with Gasteiger partial charge in [0.15, 0.2) is 5.78 Å². The van der Waals surface area contributed by atoms with Gasteiger partial charge in [-0.2, -0.15) is 0 Å². The Morgan fingerprint density at radius 1 is 1.14 bits per heavy atom. The summed E-state index contributed by atoms with van der Waals surface area (Å²) in [6.45, 7) is 5.67. The van der Waals surface area contributed by atoms with E-state index in [1.54, 1.807) is 11.0 Å². The molecule has 28 heavy (non-hydrogen) atoms. The maximum atomic E-state index is 12.4. The molecule has 0 spiro atoms. The van der Waals surface area contributed by atoms with E-state index in [4.69, 9.17) is 0 Å². The van der Waals surface area contributed by atoms with Gasteiger partial charge in [0.05, 0.1) is 10.8 Å². The number of hydrogen-bond donors (Lipinski definition) is 1. The molecule has 0 saturated carbocycles. The Balaban J connectivity index is 1.71. The van der Waals surface area contributed by atoms with Crippen LogP contribution in [0.1, 0.15) is 66.4 Å². The minimum absolute atomic E-state index is 0.0118. The van der Waals surface area contributed by atoms with Gasteiger partial charge >= 0.3 is 0 Å². The molecule has 1 N–H and O–H groups in total. The number of piperidine rings is 1. The van der Waals surface area contributed by atoms with Crippen LogP contribution in [0.4, 0.5) is 0 Å². The van der Waals surface area contributed by atoms with Crippen LogP contribution in [0.25, 0.3) is 0 Å². The maximum Gasteiger partial charge on any atom is 0.224 e. The van der Waals surface area contributed by atoms with E-state index in [9.17, 15) is 19.2 Å². The Kier molecular flexibility index (Phi) is 8.83. The van der Waals surface area contributed by atoms with Crippen LogP contribution in [0.2, 0.25) is 0 Å². The normalized spacial score (nSPS) is 16.6. The fourth-order valence-electron chi connectivity index (χ4n) is 3.30. The lowest BCUT2D eigenvalue weighted by Gasteiger charge is -2.32. The van der Waals surface area contributed by atoms with Crippen LogP contribution in [0, 0.1) is 12.8 Å². The minimum atomic E-state index is -0.160. The lowest BCUT2D eigenvalue weighted by atomic mass is 9.96. The van der Waals surface area contributed by atoms with Crippen molar-refractivity contribution in [2.75, 3.05) is 19.6 Å². The molecule has 1 aliphatic heterocycles. The quantitative estimate of drug-likeness (QED) is 0.605. The number of hydrogen-bond acceptors (Lipinski definition) is 5. The number of nitrogens with zero attached hydrogens (tertiary/aromatic N) is 1. The lowest BCUT2D eigenvalue weighted by Crippen LogP contribution is -2.45. The Morgan fingerprint density at radius 2 is 1.89 bits per heavy atom. The third kappa shape index (κ3) is 6.86. The molecule has 2 amide bonds. The van der Waals surface area contributed by atoms with Crippen LogP contribution >= 0.6 is 11.3 Å². The van der Waals surface area contributed by atoms with E-state index in [2.05, 4.69) is 5.32 Å². The van der Waals surface area contributed by atoms with Gasteiger partial charge in [0.1, 0.15) is 5.78 Å². The van der Waals surface area contributed by atoms with Gasteiger partial charge in [-0.25, -0.2) is 0 Å². The number of rotatable bonds is 10. The molecule has 0 aliphatic carbocycles. The van der Waals surface area contributed by atoms with E-state index in [-0.39, 0.29) is 55.0 Å². The summed E-state index contributed by atoms with van der Waals surface area (Å²) in [5.41, 5.74) is 0. The number of aryl methyl sites for hydroxylation is 1. The highest BCUT2D eigenvalue weighted by Crippen LogP contribution is 2.19. The van der Waals surface area contributed by atoms with Gasteiger partial charge < -0.3 is 10.2 Å². The fourth-order valence-corrected chi connectivity index (χ4v) is 4.14. The molecule has 0 radical (unpaired) electrons. The second kappa shape index (κ2) is 11.1. The molecule has 7 heteroatoms. The summed E-state index contributed by atoms with van der Waals surface area (Å²) < 4.78 is 0. The molecule has 2 heterocycles. The second-order valence-corrected chi connectivity index (χ2v) is 8.63. The first-order chi connectivity index (χ1) is 13.4. The number of Topliss-reactive ketones (excluding diaryl/α,β-unsaturated/α-hetero) is 2. The van der Waals surface area contributed by atoms with Crippen molar-refractivity contribution < 1.29 is 19.2 Å². The Labute approximate surface area is 170 Å². The van der Waals surface area contributed by atoms with Crippen LogP contribution in [0.3, 0.4) is 0 Å². The van der Waals surface area contributed by atoms with Gasteiger partial charge in [0.25, 0.3) is 0 Å². The highest BCUT2D eigenvalue weighted by molar-refractivity contribution is 7.14. The van der Waals surface area contributed by atoms with Crippen molar-refractivity contribution >= 4 is 34.7 Å². The van der Waals surface area contributed by atoms with E-state index in [1.807, 2.05) is 19.9 Å². The monoisotopic (exact) mass is 406 g/mol. The highest BCUT2D eigenvalue weighted by atomic mass is 32.1. The summed E-state index contributed by atoms with van der Waals surface area (Å²) in [6, 6.07) is 3.69. The number of ketones is 2. The molecule has 1 atom stereocenters. The number of likely N-dealkylation sites (tertiary alicyclic amines) is 1. The van der Waals surface area contributed by atoms with Crippen LogP contribution in [0.15, 0.2) is 12.1 Å². The topological polar surface area (TPSA) is 83.6 Å². The molecular weight excluding hydrogens is 376 g/mol. The molecule has 1 fully saturated rings. The van der Waals surface area contributed by atoms with Crippen LogP contribution in [-0.2, 0) is 14.4 Å². The SMILES string of the molecule is CCCNC(=O)C1CCCN(C(=O)CCC(=O)CCC(=O)c2ccc(C)s2)C1. The van der Waals surface area contributed by atoms with Crippen molar-refractivity contribution in [1.29, 1.82) is 0 Å². The average Bonchev–Trinajstić information content (AvgIpc) is 3.14. The number of carbonyl (C=O) groups is 4. The van der Waals surface area contributed by atoms with E-state index in [1.165, 1.54) is 11.3 Å². The zero-order valence-electron chi connectivity index (χ0n) is 16.8. The lowest BCUT2D eigenvalue weighted by molar-refractivity contribution is -0.137. The highest BCUT2D eigenvalue weighted by Gasteiger charge is 2.28. The molecule has 0 aromatic carbocycles. The van der Waals surface area contributed by atoms with Crippen molar-refractivity contribution in [2.24, 2.45) is 5.92 Å². The van der Waals surface area contributed by atoms with Gasteiger partial charge in [-0.1, -0.05) is 6.92 Å². The number of nitrogens with one attached hydrogen (secondary N) is 1. The zero-order chi connectivity index (χ0) is 20.5. The summed E-state index contributed by atoms with van der Waals surface area (Å²) in [5, 5.41) is 2.89. The van der Waals surface area contributed by atoms with Crippen molar-refractivity contribution in [1.82, 2.24) is 10.2 Å². The van der Waals surface area contributed by atoms with Crippen molar-refractivity contribution in [2.45, 2.75) is 58.8 Å². The Bertz CT molecular complexity index is 713. The van der Waals surface area contributed by atoms with E-state index in [0.29, 0.717) is 24.5 Å². The molecule has 1 aromatic rings. The second-order valence-electron chi connectivity index (χ2n) is 7.34. The minimum Gasteiger partial charge on any atom is -0.356 e. The standard InChI is InChI=1S/C21H30N2O4S/c1-3-12-22-21(27)16-5-4-13-23(14-16)20(26)11-8-17(24)7-9-18(25)19-10-6-15(2)28-19/h6,10,16H,3-5,7-9,11-14H2,1-2H3,(H,22,27). The maximum absolute atomic E-state index is 12.4. The number of amides is 2. The van der Waals surface area contributed by atoms with E-state index in [0.717, 1.165) is 24.1 Å². The predicted molar refractivity (Wildman–Crippen MR) is 109 cm³/mol. The molecule has 1 unspecified atom stereocenters. The molecule has 154 valence electrons. The smallest absolute Gasteiger partial charge is 0.224 e. The van der Waals surface area contributed by atoms with E-state index < -0.39 is 0 Å². The van der Waals surface area contributed by atoms with Gasteiger partial charge in [-0.15, -0.1) is 11.3 Å². The molecule has 2 rings (SSSR count). The molecule has 1 aliphatic rings. The van der Waals surface area contributed by atoms with E-state index >= 15 is 0 Å². The third-order valence-electron chi connectivity index (χ3n) is 4.96. The fraction of sp³-hybridized carbons (Fsp3) is 0.619. The van der Waals surface area contributed by atoms with Crippen molar-refractivity contribution in [3.05, 3.63) is 21.9 Å². The predicted octanol–water partition coefficient (Wildman–Crippen LogP) is 3.13. The number of carbonyl (C=O) groups excluding carboxylic acids is 4. The third-order valence-corrected chi connectivity index (χ3v) is 6.00. The molecule has 6 nitrogen and oxygen atoms in total. The molecule has 1 saturated heterocycles. The summed E-state index contributed by atoms with van der Waals surface area (Å²) in [5.74, 6) is -0.315.